The number of thiazole rings is 1. The van der Waals surface area contributed by atoms with Crippen LogP contribution in [0.25, 0.3) is 0 Å². The van der Waals surface area contributed by atoms with Crippen molar-refractivity contribution in [2.24, 2.45) is 29.6 Å². The van der Waals surface area contributed by atoms with E-state index in [9.17, 15) is 24.0 Å². The van der Waals surface area contributed by atoms with Crippen LogP contribution in [0.2, 0.25) is 0 Å². The Morgan fingerprint density at radius 3 is 2.50 bits per heavy atom. The number of carboxylic acid groups (broad SMARTS) is 1. The molecule has 2 aromatic rings. The molecule has 3 heterocycles. The number of H-pyrrole nitrogens is 1. The molecule has 6 rings (SSSR count). The average Bonchev–Trinajstić information content (AvgIpc) is 3.61. The van der Waals surface area contributed by atoms with Gasteiger partial charge in [0.1, 0.15) is 5.75 Å². The van der Waals surface area contributed by atoms with Gasteiger partial charge in [0.25, 0.3) is 0 Å². The number of nitrogens with zero attached hydrogens (tertiary/aromatic N) is 1. The lowest BCUT2D eigenvalue weighted by atomic mass is 9.68. The maximum atomic E-state index is 13.4. The lowest BCUT2D eigenvalue weighted by Gasteiger charge is -2.43. The molecule has 12 heteroatoms. The van der Waals surface area contributed by atoms with Crippen LogP contribution < -0.4 is 9.61 Å². The van der Waals surface area contributed by atoms with E-state index in [0.29, 0.717) is 5.75 Å². The minimum absolute atomic E-state index is 0.0162. The van der Waals surface area contributed by atoms with Crippen LogP contribution in [0, 0.1) is 29.6 Å². The molecule has 1 aromatic carbocycles. The molecule has 1 aromatic heterocycles. The molecule has 2 aliphatic carbocycles. The largest absolute Gasteiger partial charge is 0.482 e. The Morgan fingerprint density at radius 1 is 1.11 bits per heavy atom. The van der Waals surface area contributed by atoms with E-state index in [4.69, 9.17) is 14.6 Å². The topological polar surface area (TPSA) is 143 Å². The summed E-state index contributed by atoms with van der Waals surface area (Å²) in [5, 5.41) is 9.96. The summed E-state index contributed by atoms with van der Waals surface area (Å²) in [6, 6.07) is 7.43. The number of carbonyl (C=O) groups excluding carboxylic acids is 3. The number of aromatic nitrogens is 1. The fraction of sp³-hybridized carbons (Fsp3) is 0.500. The van der Waals surface area contributed by atoms with Gasteiger partial charge in [0.15, 0.2) is 6.61 Å². The van der Waals surface area contributed by atoms with E-state index in [1.54, 1.807) is 30.8 Å². The Bertz CT molecular complexity index is 1370. The number of carbonyl (C=O) groups is 4. The highest BCUT2D eigenvalue weighted by atomic mass is 32.2. The molecule has 6 unspecified atom stereocenters. The molecule has 0 spiro atoms. The quantitative estimate of drug-likeness (QED) is 0.369. The van der Waals surface area contributed by atoms with Crippen molar-refractivity contribution in [1.29, 1.82) is 0 Å². The maximum absolute atomic E-state index is 13.4. The molecule has 2 aliphatic heterocycles. The van der Waals surface area contributed by atoms with E-state index in [-0.39, 0.29) is 71.8 Å². The van der Waals surface area contributed by atoms with Crippen molar-refractivity contribution in [1.82, 2.24) is 9.88 Å². The van der Waals surface area contributed by atoms with Gasteiger partial charge < -0.3 is 19.6 Å². The van der Waals surface area contributed by atoms with Gasteiger partial charge in [-0.05, 0) is 48.8 Å². The first-order chi connectivity index (χ1) is 18.3. The molecule has 3 fully saturated rings. The van der Waals surface area contributed by atoms with Crippen LogP contribution in [0.4, 0.5) is 0 Å². The summed E-state index contributed by atoms with van der Waals surface area (Å²) in [4.78, 5) is 66.7. The standard InChI is InChI=1S/C26H26N2O8S2/c1-2-35-16(31)10-36-12-5-3-11(4-6-12)17-18-13-9-14(21(18)37-23-22(17)38-26(34)27-23)20-19(13)24(32)28(25(20)33)8-7-15(29)30/h3-6,13-14,17-21H,2,7-10H2,1H3,(H,27,34)(H,29,30)/t13?,14?,17-,18?,19?,20?,21?/m1/s1. The maximum Gasteiger partial charge on any atom is 0.344 e. The number of aliphatic carboxylic acids is 1. The van der Waals surface area contributed by atoms with E-state index >= 15 is 0 Å². The van der Waals surface area contributed by atoms with Crippen molar-refractivity contribution in [3.05, 3.63) is 44.4 Å². The Hall–Kier alpha value is -3.12. The van der Waals surface area contributed by atoms with Crippen LogP contribution in [-0.2, 0) is 23.9 Å². The van der Waals surface area contributed by atoms with Gasteiger partial charge in [0.05, 0.1) is 29.9 Å². The molecule has 0 radical (unpaired) electrons. The van der Waals surface area contributed by atoms with Gasteiger partial charge in [0.2, 0.25) is 11.8 Å². The van der Waals surface area contributed by atoms with Crippen LogP contribution in [0.3, 0.4) is 0 Å². The van der Waals surface area contributed by atoms with Crippen molar-refractivity contribution in [2.45, 2.75) is 36.0 Å². The highest BCUT2D eigenvalue weighted by molar-refractivity contribution is 8.00. The number of thioether (sulfide) groups is 1. The predicted octanol–water partition coefficient (Wildman–Crippen LogP) is 2.33. The molecular weight excluding hydrogens is 532 g/mol. The molecule has 2 N–H and O–H groups in total. The van der Waals surface area contributed by atoms with Crippen molar-refractivity contribution in [2.75, 3.05) is 19.8 Å². The Kier molecular flexibility index (Phi) is 6.34. The van der Waals surface area contributed by atoms with Crippen molar-refractivity contribution in [3.8, 4) is 5.75 Å². The van der Waals surface area contributed by atoms with Crippen LogP contribution in [0.15, 0.2) is 34.1 Å². The second-order valence-corrected chi connectivity index (χ2v) is 12.3. The SMILES string of the molecule is CCOC(=O)COc1ccc([C@H]2c3sc(=O)[nH]c3SC3C4CC(C5C(=O)N(CCC(=O)O)C(=O)C45)C32)cc1. The molecule has 2 bridgehead atoms. The molecule has 2 saturated carbocycles. The third-order valence-corrected chi connectivity index (χ3v) is 10.9. The van der Waals surface area contributed by atoms with Gasteiger partial charge in [-0.25, -0.2) is 4.79 Å². The molecule has 10 nitrogen and oxygen atoms in total. The van der Waals surface area contributed by atoms with Crippen molar-refractivity contribution < 1.29 is 33.8 Å². The number of esters is 1. The molecule has 4 aliphatic rings. The number of likely N-dealkylation sites (tertiary alicyclic amines) is 1. The number of imide groups is 1. The van der Waals surface area contributed by atoms with E-state index < -0.39 is 23.8 Å². The second-order valence-electron chi connectivity index (χ2n) is 10.1. The number of rotatable bonds is 8. The zero-order valence-electron chi connectivity index (χ0n) is 20.5. The molecule has 38 heavy (non-hydrogen) atoms. The van der Waals surface area contributed by atoms with Crippen LogP contribution in [0.5, 0.6) is 5.75 Å². The number of carboxylic acids is 1. The summed E-state index contributed by atoms with van der Waals surface area (Å²) in [5.74, 6) is -2.50. The smallest absolute Gasteiger partial charge is 0.344 e. The lowest BCUT2D eigenvalue weighted by molar-refractivity contribution is -0.146. The predicted molar refractivity (Wildman–Crippen MR) is 136 cm³/mol. The second kappa shape index (κ2) is 9.57. The molecule has 2 amide bonds. The third kappa shape index (κ3) is 3.96. The van der Waals surface area contributed by atoms with Gasteiger partial charge in [-0.15, -0.1) is 11.8 Å². The van der Waals surface area contributed by atoms with Gasteiger partial charge in [0, 0.05) is 22.6 Å². The third-order valence-electron chi connectivity index (χ3n) is 8.27. The minimum atomic E-state index is -1.04. The number of hydrogen-bond donors (Lipinski definition) is 2. The number of fused-ring (bicyclic) bond motifs is 9. The minimum Gasteiger partial charge on any atom is -0.482 e. The average molecular weight is 559 g/mol. The van der Waals surface area contributed by atoms with E-state index in [2.05, 4.69) is 4.98 Å². The molecule has 7 atom stereocenters. The van der Waals surface area contributed by atoms with Crippen LogP contribution in [0.1, 0.15) is 36.1 Å². The Morgan fingerprint density at radius 2 is 1.82 bits per heavy atom. The van der Waals surface area contributed by atoms with Crippen LogP contribution in [-0.4, -0.2) is 63.8 Å². The Labute approximate surface area is 225 Å². The monoisotopic (exact) mass is 558 g/mol. The Balaban J connectivity index is 1.31. The van der Waals surface area contributed by atoms with Gasteiger partial charge in [-0.1, -0.05) is 23.5 Å². The normalized spacial score (nSPS) is 30.7. The zero-order chi connectivity index (χ0) is 26.7. The first-order valence-electron chi connectivity index (χ1n) is 12.6. The van der Waals surface area contributed by atoms with Crippen molar-refractivity contribution in [3.63, 3.8) is 0 Å². The fourth-order valence-corrected chi connectivity index (χ4v) is 9.88. The van der Waals surface area contributed by atoms with E-state index in [1.165, 1.54) is 11.3 Å². The summed E-state index contributed by atoms with van der Waals surface area (Å²) >= 11 is 2.78. The van der Waals surface area contributed by atoms with Gasteiger partial charge >= 0.3 is 16.8 Å². The highest BCUT2D eigenvalue weighted by Crippen LogP contribution is 2.68. The summed E-state index contributed by atoms with van der Waals surface area (Å²) < 4.78 is 10.4. The number of hydrogen-bond acceptors (Lipinski definition) is 9. The highest BCUT2D eigenvalue weighted by Gasteiger charge is 2.69. The van der Waals surface area contributed by atoms with E-state index in [0.717, 1.165) is 26.8 Å². The fourth-order valence-electron chi connectivity index (χ4n) is 7.00. The van der Waals surface area contributed by atoms with Crippen molar-refractivity contribution >= 4 is 46.9 Å². The number of amides is 2. The number of benzene rings is 1. The first-order valence-corrected chi connectivity index (χ1v) is 14.3. The number of ether oxygens (including phenoxy) is 2. The summed E-state index contributed by atoms with van der Waals surface area (Å²) in [6.45, 7) is 1.72. The van der Waals surface area contributed by atoms with Gasteiger partial charge in [-0.2, -0.15) is 0 Å². The van der Waals surface area contributed by atoms with Gasteiger partial charge in [-0.3, -0.25) is 24.1 Å². The number of aromatic amines is 1. The first kappa shape index (κ1) is 25.2. The van der Waals surface area contributed by atoms with E-state index in [1.807, 2.05) is 12.1 Å². The summed E-state index contributed by atoms with van der Waals surface area (Å²) in [6.07, 6.45) is 0.498. The lowest BCUT2D eigenvalue weighted by Crippen LogP contribution is -2.42. The molecule has 200 valence electrons. The number of nitrogens with one attached hydrogen (secondary N) is 1. The zero-order valence-corrected chi connectivity index (χ0v) is 22.1. The summed E-state index contributed by atoms with van der Waals surface area (Å²) in [5.41, 5.74) is 0.976. The molecule has 1 saturated heterocycles. The molecular formula is C26H26N2O8S2. The van der Waals surface area contributed by atoms with Crippen LogP contribution >= 0.6 is 23.1 Å². The summed E-state index contributed by atoms with van der Waals surface area (Å²) in [7, 11) is 0.